The Bertz CT molecular complexity index is 672. The molecule has 0 amide bonds. The molecule has 122 valence electrons. The fraction of sp³-hybridized carbons (Fsp3) is 0.333. The molecule has 1 aliphatic rings. The predicted molar refractivity (Wildman–Crippen MR) is 87.5 cm³/mol. The molecule has 0 aromatic heterocycles. The SMILES string of the molecule is COc1cc2c(cc1CCNCc1ccccc1OC)OCO2. The van der Waals surface area contributed by atoms with E-state index in [1.807, 2.05) is 30.3 Å². The van der Waals surface area contributed by atoms with Crippen LogP contribution < -0.4 is 24.3 Å². The molecule has 0 saturated carbocycles. The van der Waals surface area contributed by atoms with Gasteiger partial charge in [0.25, 0.3) is 0 Å². The van der Waals surface area contributed by atoms with Crippen molar-refractivity contribution in [3.8, 4) is 23.0 Å². The van der Waals surface area contributed by atoms with Crippen LogP contribution in [0.5, 0.6) is 23.0 Å². The van der Waals surface area contributed by atoms with Gasteiger partial charge in [0.1, 0.15) is 11.5 Å². The lowest BCUT2D eigenvalue weighted by molar-refractivity contribution is 0.174. The van der Waals surface area contributed by atoms with E-state index >= 15 is 0 Å². The molecule has 0 aliphatic carbocycles. The fourth-order valence-corrected chi connectivity index (χ4v) is 2.65. The first-order valence-corrected chi connectivity index (χ1v) is 7.61. The van der Waals surface area contributed by atoms with Crippen molar-refractivity contribution in [3.05, 3.63) is 47.5 Å². The van der Waals surface area contributed by atoms with E-state index in [0.29, 0.717) is 0 Å². The van der Waals surface area contributed by atoms with Crippen molar-refractivity contribution in [2.45, 2.75) is 13.0 Å². The lowest BCUT2D eigenvalue weighted by Gasteiger charge is -2.12. The monoisotopic (exact) mass is 315 g/mol. The normalized spacial score (nSPS) is 12.3. The van der Waals surface area contributed by atoms with Gasteiger partial charge in [-0.1, -0.05) is 18.2 Å². The van der Waals surface area contributed by atoms with Crippen LogP contribution in [-0.2, 0) is 13.0 Å². The summed E-state index contributed by atoms with van der Waals surface area (Å²) in [5.41, 5.74) is 2.25. The number of hydrogen-bond donors (Lipinski definition) is 1. The largest absolute Gasteiger partial charge is 0.496 e. The van der Waals surface area contributed by atoms with Crippen molar-refractivity contribution >= 4 is 0 Å². The zero-order valence-electron chi connectivity index (χ0n) is 13.4. The van der Waals surface area contributed by atoms with Crippen molar-refractivity contribution in [1.82, 2.24) is 5.32 Å². The molecule has 0 spiro atoms. The Morgan fingerprint density at radius 3 is 2.48 bits per heavy atom. The number of nitrogens with one attached hydrogen (secondary N) is 1. The fourth-order valence-electron chi connectivity index (χ4n) is 2.65. The molecule has 1 aliphatic heterocycles. The lowest BCUT2D eigenvalue weighted by Crippen LogP contribution is -2.17. The molecular formula is C18H21NO4. The minimum Gasteiger partial charge on any atom is -0.496 e. The first-order chi connectivity index (χ1) is 11.3. The smallest absolute Gasteiger partial charge is 0.231 e. The highest BCUT2D eigenvalue weighted by Gasteiger charge is 2.17. The third-order valence-electron chi connectivity index (χ3n) is 3.85. The Hall–Kier alpha value is -2.40. The second-order valence-electron chi connectivity index (χ2n) is 5.26. The second-order valence-corrected chi connectivity index (χ2v) is 5.26. The maximum atomic E-state index is 5.44. The van der Waals surface area contributed by atoms with Gasteiger partial charge in [0.15, 0.2) is 11.5 Å². The first kappa shape index (κ1) is 15.5. The minimum absolute atomic E-state index is 0.272. The van der Waals surface area contributed by atoms with Crippen LogP contribution in [-0.4, -0.2) is 27.6 Å². The average Bonchev–Trinajstić information content (AvgIpc) is 3.05. The zero-order valence-corrected chi connectivity index (χ0v) is 13.4. The van der Waals surface area contributed by atoms with Gasteiger partial charge in [0.05, 0.1) is 14.2 Å². The Morgan fingerprint density at radius 2 is 1.70 bits per heavy atom. The quantitative estimate of drug-likeness (QED) is 0.796. The van der Waals surface area contributed by atoms with Gasteiger partial charge in [0, 0.05) is 18.2 Å². The van der Waals surface area contributed by atoms with Crippen LogP contribution in [0.2, 0.25) is 0 Å². The standard InChI is InChI=1S/C18H21NO4/c1-20-15-6-4-3-5-14(15)11-19-8-7-13-9-17-18(23-12-22-17)10-16(13)21-2/h3-6,9-10,19H,7-8,11-12H2,1-2H3. The number of para-hydroxylation sites is 1. The van der Waals surface area contributed by atoms with Crippen molar-refractivity contribution in [3.63, 3.8) is 0 Å². The van der Waals surface area contributed by atoms with Gasteiger partial charge in [-0.3, -0.25) is 0 Å². The molecule has 5 heteroatoms. The number of hydrogen-bond acceptors (Lipinski definition) is 5. The van der Waals surface area contributed by atoms with E-state index in [-0.39, 0.29) is 6.79 Å². The number of methoxy groups -OCH3 is 2. The third kappa shape index (κ3) is 3.51. The molecule has 0 atom stereocenters. The molecule has 2 aromatic carbocycles. The molecule has 1 heterocycles. The summed E-state index contributed by atoms with van der Waals surface area (Å²) in [6.45, 7) is 1.86. The lowest BCUT2D eigenvalue weighted by atomic mass is 10.1. The van der Waals surface area contributed by atoms with Gasteiger partial charge in [-0.05, 0) is 30.7 Å². The average molecular weight is 315 g/mol. The van der Waals surface area contributed by atoms with E-state index in [0.717, 1.165) is 53.6 Å². The molecule has 0 saturated heterocycles. The predicted octanol–water partition coefficient (Wildman–Crippen LogP) is 2.76. The molecule has 5 nitrogen and oxygen atoms in total. The molecule has 23 heavy (non-hydrogen) atoms. The van der Waals surface area contributed by atoms with E-state index < -0.39 is 0 Å². The number of rotatable bonds is 7. The Morgan fingerprint density at radius 1 is 0.957 bits per heavy atom. The maximum Gasteiger partial charge on any atom is 0.231 e. The number of ether oxygens (including phenoxy) is 4. The summed E-state index contributed by atoms with van der Waals surface area (Å²) in [5, 5.41) is 3.44. The van der Waals surface area contributed by atoms with Crippen LogP contribution in [0.3, 0.4) is 0 Å². The molecule has 3 rings (SSSR count). The van der Waals surface area contributed by atoms with Crippen molar-refractivity contribution in [1.29, 1.82) is 0 Å². The zero-order chi connectivity index (χ0) is 16.1. The van der Waals surface area contributed by atoms with Gasteiger partial charge in [-0.15, -0.1) is 0 Å². The first-order valence-electron chi connectivity index (χ1n) is 7.61. The molecule has 0 radical (unpaired) electrons. The van der Waals surface area contributed by atoms with Crippen molar-refractivity contribution in [2.75, 3.05) is 27.6 Å². The Labute approximate surface area is 136 Å². The van der Waals surface area contributed by atoms with Crippen LogP contribution in [0.4, 0.5) is 0 Å². The highest BCUT2D eigenvalue weighted by atomic mass is 16.7. The van der Waals surface area contributed by atoms with Crippen LogP contribution in [0, 0.1) is 0 Å². The van der Waals surface area contributed by atoms with Crippen molar-refractivity contribution in [2.24, 2.45) is 0 Å². The summed E-state index contributed by atoms with van der Waals surface area (Å²) in [6, 6.07) is 11.9. The maximum absolute atomic E-state index is 5.44. The Kier molecular flexibility index (Phi) is 4.88. The summed E-state index contributed by atoms with van der Waals surface area (Å²) in [7, 11) is 3.36. The van der Waals surface area contributed by atoms with Gasteiger partial charge in [-0.25, -0.2) is 0 Å². The van der Waals surface area contributed by atoms with E-state index in [1.165, 1.54) is 0 Å². The summed E-state index contributed by atoms with van der Waals surface area (Å²) in [4.78, 5) is 0. The topological polar surface area (TPSA) is 49.0 Å². The third-order valence-corrected chi connectivity index (χ3v) is 3.85. The minimum atomic E-state index is 0.272. The van der Waals surface area contributed by atoms with Gasteiger partial charge < -0.3 is 24.3 Å². The van der Waals surface area contributed by atoms with Gasteiger partial charge in [0.2, 0.25) is 6.79 Å². The highest BCUT2D eigenvalue weighted by molar-refractivity contribution is 5.51. The van der Waals surface area contributed by atoms with Crippen LogP contribution in [0.1, 0.15) is 11.1 Å². The summed E-state index contributed by atoms with van der Waals surface area (Å²) >= 11 is 0. The number of benzene rings is 2. The molecule has 0 fully saturated rings. The summed E-state index contributed by atoms with van der Waals surface area (Å²) in [6.07, 6.45) is 0.842. The van der Waals surface area contributed by atoms with Crippen LogP contribution in [0.25, 0.3) is 0 Å². The number of fused-ring (bicyclic) bond motifs is 1. The molecular weight excluding hydrogens is 294 g/mol. The van der Waals surface area contributed by atoms with E-state index in [4.69, 9.17) is 18.9 Å². The summed E-state index contributed by atoms with van der Waals surface area (Å²) in [5.74, 6) is 3.26. The van der Waals surface area contributed by atoms with Crippen LogP contribution >= 0.6 is 0 Å². The molecule has 0 unspecified atom stereocenters. The van der Waals surface area contributed by atoms with Crippen molar-refractivity contribution < 1.29 is 18.9 Å². The second kappa shape index (κ2) is 7.24. The summed E-state index contributed by atoms with van der Waals surface area (Å²) < 4.78 is 21.6. The molecule has 1 N–H and O–H groups in total. The van der Waals surface area contributed by atoms with E-state index in [9.17, 15) is 0 Å². The van der Waals surface area contributed by atoms with E-state index in [1.54, 1.807) is 14.2 Å². The van der Waals surface area contributed by atoms with Crippen LogP contribution in [0.15, 0.2) is 36.4 Å². The molecule has 0 bridgehead atoms. The molecule has 2 aromatic rings. The Balaban J connectivity index is 1.58. The van der Waals surface area contributed by atoms with Gasteiger partial charge >= 0.3 is 0 Å². The van der Waals surface area contributed by atoms with E-state index in [2.05, 4.69) is 11.4 Å². The highest BCUT2D eigenvalue weighted by Crippen LogP contribution is 2.38. The van der Waals surface area contributed by atoms with Gasteiger partial charge in [-0.2, -0.15) is 0 Å².